The maximum absolute atomic E-state index is 13.5. The summed E-state index contributed by atoms with van der Waals surface area (Å²) in [5, 5.41) is -0.357. The minimum Gasteiger partial charge on any atom is -0.429 e. The van der Waals surface area contributed by atoms with Crippen LogP contribution in [0.25, 0.3) is 12.2 Å². The molecule has 1 aliphatic rings. The highest BCUT2D eigenvalue weighted by atomic mass is 35.5. The van der Waals surface area contributed by atoms with Crippen molar-refractivity contribution in [3.8, 4) is 5.75 Å². The molecule has 0 saturated heterocycles. The molecule has 8 heteroatoms. The molecule has 0 spiro atoms. The molecule has 0 N–H and O–H groups in total. The zero-order valence-electron chi connectivity index (χ0n) is 18.0. The van der Waals surface area contributed by atoms with E-state index in [-0.39, 0.29) is 5.02 Å². The number of hydrogen-bond acceptors (Lipinski definition) is 1. The smallest absolute Gasteiger partial charge is 0.429 e. The van der Waals surface area contributed by atoms with E-state index in [0.29, 0.717) is 11.5 Å². The summed E-state index contributed by atoms with van der Waals surface area (Å²) in [7, 11) is 0. The van der Waals surface area contributed by atoms with Gasteiger partial charge in [0.2, 0.25) is 0 Å². The first-order chi connectivity index (χ1) is 15.5. The summed E-state index contributed by atoms with van der Waals surface area (Å²) < 4.78 is 80.7. The van der Waals surface area contributed by atoms with Crippen LogP contribution in [0, 0.1) is 5.92 Å². The molecule has 0 aromatic heterocycles. The number of hydrogen-bond donors (Lipinski definition) is 0. The molecule has 0 amide bonds. The molecule has 1 unspecified atom stereocenters. The summed E-state index contributed by atoms with van der Waals surface area (Å²) in [6, 6.07) is 11.8. The van der Waals surface area contributed by atoms with Gasteiger partial charge in [-0.15, -0.1) is 0 Å². The van der Waals surface area contributed by atoms with E-state index >= 15 is 0 Å². The molecule has 1 atom stereocenters. The number of rotatable bonds is 7. The lowest BCUT2D eigenvalue weighted by Crippen LogP contribution is -2.45. The first-order valence-electron chi connectivity index (χ1n) is 10.8. The van der Waals surface area contributed by atoms with Gasteiger partial charge in [-0.25, -0.2) is 4.39 Å². The zero-order chi connectivity index (χ0) is 24.2. The average Bonchev–Trinajstić information content (AvgIpc) is 2.78. The van der Waals surface area contributed by atoms with Crippen LogP contribution in [0.2, 0.25) is 5.02 Å². The molecule has 0 radical (unpaired) electrons. The topological polar surface area (TPSA) is 9.23 Å². The predicted molar refractivity (Wildman–Crippen MR) is 118 cm³/mol. The molecule has 33 heavy (non-hydrogen) atoms. The molecule has 180 valence electrons. The normalized spacial score (nSPS) is 20.7. The van der Waals surface area contributed by atoms with E-state index in [2.05, 4.69) is 23.8 Å². The van der Waals surface area contributed by atoms with E-state index in [1.165, 1.54) is 49.8 Å². The van der Waals surface area contributed by atoms with E-state index in [1.54, 1.807) is 12.2 Å². The SMILES string of the molecule is CCC1CCC(c2ccc(/C=C/c3ccc(OC(F)(F)C(F)C(F)(F)F)c(Cl)c3)cc2)CC1. The molecule has 1 fully saturated rings. The van der Waals surface area contributed by atoms with Crippen molar-refractivity contribution < 1.29 is 31.1 Å². The summed E-state index contributed by atoms with van der Waals surface area (Å²) in [6.45, 7) is 2.24. The van der Waals surface area contributed by atoms with Gasteiger partial charge in [0.15, 0.2) is 0 Å². The third-order valence-corrected chi connectivity index (χ3v) is 6.38. The van der Waals surface area contributed by atoms with Crippen LogP contribution in [-0.4, -0.2) is 18.5 Å². The van der Waals surface area contributed by atoms with Crippen LogP contribution in [0.5, 0.6) is 5.75 Å². The molecule has 0 bridgehead atoms. The van der Waals surface area contributed by atoms with Crippen LogP contribution >= 0.6 is 11.6 Å². The Balaban J connectivity index is 1.63. The quantitative estimate of drug-likeness (QED) is 0.278. The van der Waals surface area contributed by atoms with Gasteiger partial charge in [0.05, 0.1) is 5.02 Å². The lowest BCUT2D eigenvalue weighted by atomic mass is 9.78. The fraction of sp³-hybridized carbons (Fsp3) is 0.440. The van der Waals surface area contributed by atoms with Crippen LogP contribution in [0.3, 0.4) is 0 Å². The molecular formula is C25H25ClF6O. The van der Waals surface area contributed by atoms with Gasteiger partial charge in [0, 0.05) is 0 Å². The van der Waals surface area contributed by atoms with Crippen molar-refractivity contribution in [1.82, 2.24) is 0 Å². The zero-order valence-corrected chi connectivity index (χ0v) is 18.8. The summed E-state index contributed by atoms with van der Waals surface area (Å²) in [4.78, 5) is 0. The number of alkyl halides is 6. The Labute approximate surface area is 194 Å². The van der Waals surface area contributed by atoms with Crippen LogP contribution in [-0.2, 0) is 0 Å². The molecule has 0 heterocycles. The molecule has 1 saturated carbocycles. The maximum atomic E-state index is 13.5. The lowest BCUT2D eigenvalue weighted by molar-refractivity contribution is -0.304. The Hall–Kier alpha value is -2.15. The van der Waals surface area contributed by atoms with Crippen LogP contribution in [0.1, 0.15) is 61.6 Å². The number of benzene rings is 2. The van der Waals surface area contributed by atoms with Gasteiger partial charge in [-0.05, 0) is 66.3 Å². The van der Waals surface area contributed by atoms with Gasteiger partial charge in [-0.2, -0.15) is 22.0 Å². The second-order valence-corrected chi connectivity index (χ2v) is 8.79. The summed E-state index contributed by atoms with van der Waals surface area (Å²) in [5.74, 6) is 0.672. The van der Waals surface area contributed by atoms with E-state index in [1.807, 2.05) is 12.1 Å². The average molecular weight is 491 g/mol. The maximum Gasteiger partial charge on any atom is 0.439 e. The lowest BCUT2D eigenvalue weighted by Gasteiger charge is -2.28. The molecule has 0 aliphatic heterocycles. The second-order valence-electron chi connectivity index (χ2n) is 8.38. The molecular weight excluding hydrogens is 466 g/mol. The Morgan fingerprint density at radius 3 is 2.06 bits per heavy atom. The van der Waals surface area contributed by atoms with Crippen LogP contribution < -0.4 is 4.74 Å². The van der Waals surface area contributed by atoms with Crippen molar-refractivity contribution in [2.24, 2.45) is 5.92 Å². The second kappa shape index (κ2) is 10.4. The van der Waals surface area contributed by atoms with Gasteiger partial charge >= 0.3 is 12.3 Å². The Morgan fingerprint density at radius 1 is 0.939 bits per heavy atom. The third-order valence-electron chi connectivity index (χ3n) is 6.08. The summed E-state index contributed by atoms with van der Waals surface area (Å²) in [5.41, 5.74) is 2.76. The minimum atomic E-state index is -5.76. The van der Waals surface area contributed by atoms with Crippen molar-refractivity contribution in [1.29, 1.82) is 0 Å². The Kier molecular flexibility index (Phi) is 8.04. The van der Waals surface area contributed by atoms with Crippen molar-refractivity contribution in [2.45, 2.75) is 63.4 Å². The van der Waals surface area contributed by atoms with Gasteiger partial charge in [-0.3, -0.25) is 0 Å². The standard InChI is InChI=1S/C25H25ClF6O/c1-2-16-5-10-19(11-6-16)20-12-7-17(8-13-20)3-4-18-9-14-22(21(26)15-18)33-25(31,32)23(27)24(28,29)30/h3-4,7-9,12-16,19,23H,2,5-6,10-11H2,1H3/b4-3+. The fourth-order valence-electron chi connectivity index (χ4n) is 4.07. The first kappa shape index (κ1) is 25.5. The Morgan fingerprint density at radius 2 is 1.52 bits per heavy atom. The third kappa shape index (κ3) is 6.69. The van der Waals surface area contributed by atoms with Crippen molar-refractivity contribution >= 4 is 23.8 Å². The van der Waals surface area contributed by atoms with Crippen molar-refractivity contribution in [3.05, 3.63) is 64.2 Å². The van der Waals surface area contributed by atoms with Gasteiger partial charge in [-0.1, -0.05) is 67.4 Å². The van der Waals surface area contributed by atoms with Gasteiger partial charge in [0.25, 0.3) is 6.17 Å². The fourth-order valence-corrected chi connectivity index (χ4v) is 4.30. The summed E-state index contributed by atoms with van der Waals surface area (Å²) >= 11 is 5.87. The van der Waals surface area contributed by atoms with Crippen LogP contribution in [0.4, 0.5) is 26.3 Å². The van der Waals surface area contributed by atoms with Gasteiger partial charge in [0.1, 0.15) is 5.75 Å². The van der Waals surface area contributed by atoms with Crippen molar-refractivity contribution in [3.63, 3.8) is 0 Å². The van der Waals surface area contributed by atoms with E-state index in [4.69, 9.17) is 11.6 Å². The van der Waals surface area contributed by atoms with E-state index < -0.39 is 24.2 Å². The van der Waals surface area contributed by atoms with Crippen molar-refractivity contribution in [2.75, 3.05) is 0 Å². The number of ether oxygens (including phenoxy) is 1. The highest BCUT2D eigenvalue weighted by molar-refractivity contribution is 6.32. The molecule has 2 aromatic rings. The largest absolute Gasteiger partial charge is 0.439 e. The number of halogens is 7. The highest BCUT2D eigenvalue weighted by Crippen LogP contribution is 2.39. The molecule has 1 nitrogen and oxygen atoms in total. The Bertz CT molecular complexity index is 946. The minimum absolute atomic E-state index is 0.357. The highest BCUT2D eigenvalue weighted by Gasteiger charge is 2.59. The molecule has 1 aliphatic carbocycles. The molecule has 3 rings (SSSR count). The summed E-state index contributed by atoms with van der Waals surface area (Å²) in [6.07, 6.45) is -5.68. The first-order valence-corrected chi connectivity index (χ1v) is 11.2. The van der Waals surface area contributed by atoms with Gasteiger partial charge < -0.3 is 4.74 Å². The molecule has 2 aromatic carbocycles. The predicted octanol–water partition coefficient (Wildman–Crippen LogP) is 9.07. The van der Waals surface area contributed by atoms with E-state index in [9.17, 15) is 26.3 Å². The van der Waals surface area contributed by atoms with E-state index in [0.717, 1.165) is 17.5 Å². The van der Waals surface area contributed by atoms with Crippen LogP contribution in [0.15, 0.2) is 42.5 Å². The monoisotopic (exact) mass is 490 g/mol.